The monoisotopic (exact) mass is 256 g/mol. The molecule has 1 atom stereocenters. The molecule has 0 spiro atoms. The van der Waals surface area contributed by atoms with Crippen molar-refractivity contribution in [3.63, 3.8) is 0 Å². The third kappa shape index (κ3) is 3.24. The van der Waals surface area contributed by atoms with Crippen molar-refractivity contribution in [2.45, 2.75) is 31.2 Å². The van der Waals surface area contributed by atoms with Gasteiger partial charge in [0.2, 0.25) is 0 Å². The molecular formula is C11H16N2O3S. The number of ether oxygens (including phenoxy) is 1. The number of carboxylic acids is 1. The van der Waals surface area contributed by atoms with Crippen molar-refractivity contribution in [1.29, 1.82) is 0 Å². The minimum atomic E-state index is -0.979. The standard InChI is InChI=1S/C11H16N2O3S/c12-8(11(14)15)5-10-13-9(6-17-10)7-1-3-16-4-2-7/h6-8H,1-5,12H2,(H,14,15). The Bertz CT molecular complexity index is 388. The molecule has 0 amide bonds. The fourth-order valence-corrected chi connectivity index (χ4v) is 2.81. The lowest BCUT2D eigenvalue weighted by Crippen LogP contribution is -2.32. The summed E-state index contributed by atoms with van der Waals surface area (Å²) in [4.78, 5) is 15.1. The highest BCUT2D eigenvalue weighted by Gasteiger charge is 2.20. The molecule has 0 radical (unpaired) electrons. The molecule has 94 valence electrons. The predicted molar refractivity (Wildman–Crippen MR) is 64.2 cm³/mol. The molecule has 6 heteroatoms. The number of carboxylic acid groups (broad SMARTS) is 1. The van der Waals surface area contributed by atoms with Gasteiger partial charge in [0.15, 0.2) is 0 Å². The number of carbonyl (C=O) groups is 1. The Kier molecular flexibility index (Phi) is 4.09. The highest BCUT2D eigenvalue weighted by molar-refractivity contribution is 7.09. The molecule has 1 aliphatic heterocycles. The summed E-state index contributed by atoms with van der Waals surface area (Å²) in [6, 6.07) is -0.858. The summed E-state index contributed by atoms with van der Waals surface area (Å²) in [5.74, 6) is -0.525. The van der Waals surface area contributed by atoms with Crippen LogP contribution in [0.25, 0.3) is 0 Å². The molecule has 5 nitrogen and oxygen atoms in total. The van der Waals surface area contributed by atoms with Gasteiger partial charge < -0.3 is 15.6 Å². The Balaban J connectivity index is 1.97. The fraction of sp³-hybridized carbons (Fsp3) is 0.636. The van der Waals surface area contributed by atoms with Gasteiger partial charge in [0.25, 0.3) is 0 Å². The van der Waals surface area contributed by atoms with Crippen molar-refractivity contribution >= 4 is 17.3 Å². The van der Waals surface area contributed by atoms with E-state index in [1.807, 2.05) is 5.38 Å². The molecule has 2 rings (SSSR count). The first kappa shape index (κ1) is 12.5. The van der Waals surface area contributed by atoms with Gasteiger partial charge in [-0.25, -0.2) is 4.98 Å². The topological polar surface area (TPSA) is 85.4 Å². The van der Waals surface area contributed by atoms with Crippen LogP contribution in [0.1, 0.15) is 29.5 Å². The number of aromatic nitrogens is 1. The molecule has 1 saturated heterocycles. The molecule has 17 heavy (non-hydrogen) atoms. The smallest absolute Gasteiger partial charge is 0.320 e. The van der Waals surface area contributed by atoms with Crippen LogP contribution in [0.3, 0.4) is 0 Å². The lowest BCUT2D eigenvalue weighted by Gasteiger charge is -2.20. The quantitative estimate of drug-likeness (QED) is 0.839. The molecule has 0 aliphatic carbocycles. The maximum absolute atomic E-state index is 10.6. The van der Waals surface area contributed by atoms with Crippen molar-refractivity contribution < 1.29 is 14.6 Å². The van der Waals surface area contributed by atoms with Gasteiger partial charge in [0.05, 0.1) is 10.7 Å². The van der Waals surface area contributed by atoms with E-state index in [1.54, 1.807) is 0 Å². The van der Waals surface area contributed by atoms with Crippen LogP contribution in [-0.4, -0.2) is 35.3 Å². The second-order valence-corrected chi connectivity index (χ2v) is 5.14. The zero-order valence-corrected chi connectivity index (χ0v) is 10.3. The normalized spacial score (nSPS) is 19.1. The van der Waals surface area contributed by atoms with Crippen LogP contribution in [0.2, 0.25) is 0 Å². The summed E-state index contributed by atoms with van der Waals surface area (Å²) in [7, 11) is 0. The molecule has 1 fully saturated rings. The maximum Gasteiger partial charge on any atom is 0.320 e. The summed E-state index contributed by atoms with van der Waals surface area (Å²) >= 11 is 1.49. The van der Waals surface area contributed by atoms with Crippen LogP contribution in [0, 0.1) is 0 Å². The van der Waals surface area contributed by atoms with Crippen LogP contribution in [-0.2, 0) is 16.0 Å². The Morgan fingerprint density at radius 3 is 3.00 bits per heavy atom. The number of nitrogens with zero attached hydrogens (tertiary/aromatic N) is 1. The molecule has 1 unspecified atom stereocenters. The van der Waals surface area contributed by atoms with Crippen molar-refractivity contribution in [3.05, 3.63) is 16.1 Å². The predicted octanol–water partition coefficient (Wildman–Crippen LogP) is 0.991. The number of thiazole rings is 1. The third-order valence-electron chi connectivity index (χ3n) is 2.92. The van der Waals surface area contributed by atoms with E-state index in [-0.39, 0.29) is 0 Å². The van der Waals surface area contributed by atoms with Crippen molar-refractivity contribution in [1.82, 2.24) is 4.98 Å². The van der Waals surface area contributed by atoms with Crippen LogP contribution < -0.4 is 5.73 Å². The molecule has 0 saturated carbocycles. The SMILES string of the molecule is NC(Cc1nc(C2CCOCC2)cs1)C(=O)O. The summed E-state index contributed by atoms with van der Waals surface area (Å²) in [6.45, 7) is 1.57. The Morgan fingerprint density at radius 2 is 2.35 bits per heavy atom. The average Bonchev–Trinajstić information content (AvgIpc) is 2.78. The van der Waals surface area contributed by atoms with Crippen LogP contribution in [0.5, 0.6) is 0 Å². The fourth-order valence-electron chi connectivity index (χ4n) is 1.88. The third-order valence-corrected chi connectivity index (χ3v) is 3.81. The summed E-state index contributed by atoms with van der Waals surface area (Å²) < 4.78 is 5.30. The maximum atomic E-state index is 10.6. The van der Waals surface area contributed by atoms with Gasteiger partial charge in [0.1, 0.15) is 6.04 Å². The van der Waals surface area contributed by atoms with Gasteiger partial charge in [-0.1, -0.05) is 0 Å². The molecule has 1 aromatic rings. The second-order valence-electron chi connectivity index (χ2n) is 4.20. The van der Waals surface area contributed by atoms with E-state index in [0.29, 0.717) is 12.3 Å². The first-order chi connectivity index (χ1) is 8.16. The average molecular weight is 256 g/mol. The lowest BCUT2D eigenvalue weighted by atomic mass is 9.97. The Hall–Kier alpha value is -0.980. The van der Waals surface area contributed by atoms with Gasteiger partial charge in [0, 0.05) is 30.9 Å². The van der Waals surface area contributed by atoms with Gasteiger partial charge >= 0.3 is 5.97 Å². The van der Waals surface area contributed by atoms with Crippen molar-refractivity contribution in [2.75, 3.05) is 13.2 Å². The minimum Gasteiger partial charge on any atom is -0.480 e. The number of hydrogen-bond donors (Lipinski definition) is 2. The zero-order chi connectivity index (χ0) is 12.3. The van der Waals surface area contributed by atoms with E-state index in [2.05, 4.69) is 4.98 Å². The highest BCUT2D eigenvalue weighted by atomic mass is 32.1. The van der Waals surface area contributed by atoms with Gasteiger partial charge in [-0.3, -0.25) is 4.79 Å². The van der Waals surface area contributed by atoms with Gasteiger partial charge in [-0.15, -0.1) is 11.3 Å². The molecular weight excluding hydrogens is 240 g/mol. The Labute approximate surface area is 104 Å². The van der Waals surface area contributed by atoms with E-state index in [9.17, 15) is 4.79 Å². The van der Waals surface area contributed by atoms with Crippen molar-refractivity contribution in [3.8, 4) is 0 Å². The highest BCUT2D eigenvalue weighted by Crippen LogP contribution is 2.28. The number of nitrogens with two attached hydrogens (primary N) is 1. The van der Waals surface area contributed by atoms with Crippen molar-refractivity contribution in [2.24, 2.45) is 5.73 Å². The second kappa shape index (κ2) is 5.57. The first-order valence-corrected chi connectivity index (χ1v) is 6.55. The van der Waals surface area contributed by atoms with E-state index in [0.717, 1.165) is 36.8 Å². The van der Waals surface area contributed by atoms with E-state index < -0.39 is 12.0 Å². The molecule has 0 bridgehead atoms. The van der Waals surface area contributed by atoms with Gasteiger partial charge in [-0.2, -0.15) is 0 Å². The summed E-state index contributed by atoms with van der Waals surface area (Å²) in [6.07, 6.45) is 2.30. The molecule has 2 heterocycles. The Morgan fingerprint density at radius 1 is 1.65 bits per heavy atom. The van der Waals surface area contributed by atoms with E-state index in [4.69, 9.17) is 15.6 Å². The van der Waals surface area contributed by atoms with Crippen LogP contribution in [0.4, 0.5) is 0 Å². The van der Waals surface area contributed by atoms with Crippen LogP contribution in [0.15, 0.2) is 5.38 Å². The number of aliphatic carboxylic acids is 1. The number of rotatable bonds is 4. The van der Waals surface area contributed by atoms with E-state index in [1.165, 1.54) is 11.3 Å². The first-order valence-electron chi connectivity index (χ1n) is 5.67. The summed E-state index contributed by atoms with van der Waals surface area (Å²) in [5, 5.41) is 11.6. The molecule has 1 aromatic heterocycles. The van der Waals surface area contributed by atoms with Gasteiger partial charge in [-0.05, 0) is 12.8 Å². The minimum absolute atomic E-state index is 0.309. The van der Waals surface area contributed by atoms with E-state index >= 15 is 0 Å². The summed E-state index contributed by atoms with van der Waals surface area (Å²) in [5.41, 5.74) is 6.54. The van der Waals surface area contributed by atoms with Crippen LogP contribution >= 0.6 is 11.3 Å². The largest absolute Gasteiger partial charge is 0.480 e. The lowest BCUT2D eigenvalue weighted by molar-refractivity contribution is -0.138. The molecule has 3 N–H and O–H groups in total. The number of hydrogen-bond acceptors (Lipinski definition) is 5. The zero-order valence-electron chi connectivity index (χ0n) is 9.46. The molecule has 1 aliphatic rings. The molecule has 0 aromatic carbocycles.